The first-order valence-electron chi connectivity index (χ1n) is 8.78. The number of nitrogens with one attached hydrogen (secondary N) is 1. The Kier molecular flexibility index (Phi) is 5.62. The smallest absolute Gasteiger partial charge is 0.416 e. The first kappa shape index (κ1) is 20.4. The van der Waals surface area contributed by atoms with Crippen molar-refractivity contribution in [1.29, 1.82) is 0 Å². The number of carbonyl (C=O) groups is 1. The molecule has 0 fully saturated rings. The number of nitrogens with zero attached hydrogens (tertiary/aromatic N) is 4. The molecule has 1 amide bonds. The average molecular weight is 407 g/mol. The van der Waals surface area contributed by atoms with Crippen molar-refractivity contribution in [1.82, 2.24) is 24.9 Å². The van der Waals surface area contributed by atoms with Crippen LogP contribution in [0.25, 0.3) is 0 Å². The van der Waals surface area contributed by atoms with E-state index in [0.717, 1.165) is 23.4 Å². The molecule has 2 aromatic heterocycles. The summed E-state index contributed by atoms with van der Waals surface area (Å²) in [5, 5.41) is 11.1. The molecule has 0 spiro atoms. The minimum atomic E-state index is -4.44. The van der Waals surface area contributed by atoms with Crippen molar-refractivity contribution in [2.24, 2.45) is 7.05 Å². The molecular weight excluding hydrogens is 387 g/mol. The van der Waals surface area contributed by atoms with Crippen molar-refractivity contribution in [3.05, 3.63) is 65.2 Å². The lowest BCUT2D eigenvalue weighted by Crippen LogP contribution is -2.27. The minimum Gasteiger partial charge on any atom is -0.471 e. The van der Waals surface area contributed by atoms with Gasteiger partial charge in [0.25, 0.3) is 5.91 Å². The van der Waals surface area contributed by atoms with E-state index in [0.29, 0.717) is 0 Å². The molecule has 0 saturated heterocycles. The minimum absolute atomic E-state index is 0.0574. The van der Waals surface area contributed by atoms with E-state index in [2.05, 4.69) is 15.5 Å². The molecule has 0 aliphatic carbocycles. The molecule has 0 radical (unpaired) electrons. The van der Waals surface area contributed by atoms with Gasteiger partial charge in [0, 0.05) is 24.5 Å². The number of amides is 1. The third kappa shape index (κ3) is 4.76. The lowest BCUT2D eigenvalue weighted by molar-refractivity contribution is -0.137. The number of carbonyl (C=O) groups excluding carboxylic acids is 1. The summed E-state index contributed by atoms with van der Waals surface area (Å²) in [7, 11) is 1.82. The van der Waals surface area contributed by atoms with Gasteiger partial charge in [0.1, 0.15) is 11.4 Å². The third-order valence-electron chi connectivity index (χ3n) is 4.49. The number of alkyl halides is 3. The second-order valence-corrected chi connectivity index (χ2v) is 6.54. The van der Waals surface area contributed by atoms with E-state index in [1.807, 2.05) is 20.9 Å². The van der Waals surface area contributed by atoms with Crippen LogP contribution in [0.4, 0.5) is 13.2 Å². The number of halogens is 3. The highest BCUT2D eigenvalue weighted by Crippen LogP contribution is 2.31. The molecule has 3 rings (SSSR count). The number of aryl methyl sites for hydroxylation is 1. The van der Waals surface area contributed by atoms with Crippen LogP contribution in [0.1, 0.15) is 40.3 Å². The highest BCUT2D eigenvalue weighted by molar-refractivity contribution is 5.92. The Bertz CT molecular complexity index is 1010. The van der Waals surface area contributed by atoms with Crippen molar-refractivity contribution in [3.63, 3.8) is 0 Å². The Morgan fingerprint density at radius 2 is 2.07 bits per heavy atom. The average Bonchev–Trinajstić information content (AvgIpc) is 3.27. The molecule has 0 saturated carbocycles. The van der Waals surface area contributed by atoms with Gasteiger partial charge < -0.3 is 10.1 Å². The Balaban J connectivity index is 1.60. The summed E-state index contributed by atoms with van der Waals surface area (Å²) < 4.78 is 46.7. The van der Waals surface area contributed by atoms with Crippen LogP contribution in [-0.2, 0) is 20.0 Å². The molecule has 0 aliphatic rings. The van der Waals surface area contributed by atoms with Gasteiger partial charge in [0.2, 0.25) is 0 Å². The maximum atomic E-state index is 12.8. The number of ether oxygens (including phenoxy) is 1. The zero-order valence-corrected chi connectivity index (χ0v) is 16.1. The van der Waals surface area contributed by atoms with Crippen LogP contribution in [0.3, 0.4) is 0 Å². The molecule has 10 heteroatoms. The van der Waals surface area contributed by atoms with Crippen molar-refractivity contribution in [2.45, 2.75) is 32.8 Å². The number of rotatable bonds is 6. The molecular formula is C19H20F3N5O2. The molecule has 1 N–H and O–H groups in total. The van der Waals surface area contributed by atoms with Crippen LogP contribution in [-0.4, -0.2) is 25.5 Å². The quantitative estimate of drug-likeness (QED) is 0.679. The number of hydrogen-bond donors (Lipinski definition) is 1. The monoisotopic (exact) mass is 407 g/mol. The van der Waals surface area contributed by atoms with E-state index in [1.54, 1.807) is 10.9 Å². The fourth-order valence-electron chi connectivity index (χ4n) is 2.75. The number of aromatic nitrogens is 4. The number of hydrogen-bond acceptors (Lipinski definition) is 4. The molecule has 0 bridgehead atoms. The van der Waals surface area contributed by atoms with Crippen LogP contribution < -0.4 is 10.1 Å². The fraction of sp³-hybridized carbons (Fsp3) is 0.316. The predicted molar refractivity (Wildman–Crippen MR) is 98.1 cm³/mol. The summed E-state index contributed by atoms with van der Waals surface area (Å²) in [6.45, 7) is 3.62. The van der Waals surface area contributed by atoms with Gasteiger partial charge in [-0.05, 0) is 38.1 Å². The van der Waals surface area contributed by atoms with Crippen molar-refractivity contribution in [3.8, 4) is 5.75 Å². The van der Waals surface area contributed by atoms with Gasteiger partial charge in [-0.25, -0.2) is 4.68 Å². The van der Waals surface area contributed by atoms with Gasteiger partial charge in [-0.3, -0.25) is 9.48 Å². The summed E-state index contributed by atoms with van der Waals surface area (Å²) in [6.07, 6.45) is -1.23. The van der Waals surface area contributed by atoms with E-state index in [9.17, 15) is 18.0 Å². The third-order valence-corrected chi connectivity index (χ3v) is 4.49. The molecule has 1 atom stereocenters. The fourth-order valence-corrected chi connectivity index (χ4v) is 2.75. The topological polar surface area (TPSA) is 74.0 Å². The largest absolute Gasteiger partial charge is 0.471 e. The summed E-state index contributed by atoms with van der Waals surface area (Å²) in [5.74, 6) is -0.319. The highest BCUT2D eigenvalue weighted by atomic mass is 19.4. The lowest BCUT2D eigenvalue weighted by atomic mass is 10.1. The molecule has 154 valence electrons. The summed E-state index contributed by atoms with van der Waals surface area (Å²) >= 11 is 0. The van der Waals surface area contributed by atoms with Crippen LogP contribution in [0, 0.1) is 6.92 Å². The Labute approximate surface area is 165 Å². The molecule has 0 aliphatic heterocycles. The van der Waals surface area contributed by atoms with Gasteiger partial charge in [-0.15, -0.1) is 0 Å². The van der Waals surface area contributed by atoms with E-state index < -0.39 is 11.7 Å². The van der Waals surface area contributed by atoms with E-state index in [-0.39, 0.29) is 30.1 Å². The van der Waals surface area contributed by atoms with Crippen LogP contribution >= 0.6 is 0 Å². The SMILES string of the molecule is Cc1c(C(C)NC(=O)c2ccn(COc3cccc(C(F)(F)F)c3)n2)cnn1C. The molecule has 3 aromatic rings. The molecule has 1 unspecified atom stereocenters. The van der Waals surface area contributed by atoms with Crippen LogP contribution in [0.5, 0.6) is 5.75 Å². The Morgan fingerprint density at radius 1 is 1.31 bits per heavy atom. The van der Waals surface area contributed by atoms with E-state index in [4.69, 9.17) is 4.74 Å². The molecule has 1 aromatic carbocycles. The first-order valence-corrected chi connectivity index (χ1v) is 8.78. The summed E-state index contributed by atoms with van der Waals surface area (Å²) in [4.78, 5) is 12.4. The van der Waals surface area contributed by atoms with Gasteiger partial charge in [0.05, 0.1) is 17.8 Å². The zero-order valence-electron chi connectivity index (χ0n) is 16.1. The standard InChI is InChI=1S/C19H20F3N5O2/c1-12(16-10-23-26(3)13(16)2)24-18(28)17-7-8-27(25-17)11-29-15-6-4-5-14(9-15)19(20,21)22/h4-10,12H,11H2,1-3H3,(H,24,28). The normalized spacial score (nSPS) is 12.6. The Hall–Kier alpha value is -3.30. The van der Waals surface area contributed by atoms with Gasteiger partial charge >= 0.3 is 6.18 Å². The zero-order chi connectivity index (χ0) is 21.2. The molecule has 2 heterocycles. The molecule has 7 nitrogen and oxygen atoms in total. The second kappa shape index (κ2) is 7.98. The van der Waals surface area contributed by atoms with Crippen LogP contribution in [0.15, 0.2) is 42.7 Å². The number of benzene rings is 1. The van der Waals surface area contributed by atoms with Crippen molar-refractivity contribution >= 4 is 5.91 Å². The molecule has 29 heavy (non-hydrogen) atoms. The van der Waals surface area contributed by atoms with Crippen molar-refractivity contribution < 1.29 is 22.7 Å². The summed E-state index contributed by atoms with van der Waals surface area (Å²) in [6, 6.07) is 5.81. The van der Waals surface area contributed by atoms with Crippen molar-refractivity contribution in [2.75, 3.05) is 0 Å². The second-order valence-electron chi connectivity index (χ2n) is 6.54. The highest BCUT2D eigenvalue weighted by Gasteiger charge is 2.30. The maximum absolute atomic E-state index is 12.8. The Morgan fingerprint density at radius 3 is 2.72 bits per heavy atom. The lowest BCUT2D eigenvalue weighted by Gasteiger charge is -2.12. The maximum Gasteiger partial charge on any atom is 0.416 e. The summed E-state index contributed by atoms with van der Waals surface area (Å²) in [5.41, 5.74) is 1.22. The van der Waals surface area contributed by atoms with Crippen LogP contribution in [0.2, 0.25) is 0 Å². The predicted octanol–water partition coefficient (Wildman–Crippen LogP) is 3.47. The van der Waals surface area contributed by atoms with Gasteiger partial charge in [-0.2, -0.15) is 23.4 Å². The van der Waals surface area contributed by atoms with E-state index in [1.165, 1.54) is 29.1 Å². The van der Waals surface area contributed by atoms with E-state index >= 15 is 0 Å². The van der Waals surface area contributed by atoms with Gasteiger partial charge in [0.15, 0.2) is 6.73 Å². The first-order chi connectivity index (χ1) is 13.6. The van der Waals surface area contributed by atoms with Gasteiger partial charge in [-0.1, -0.05) is 6.07 Å².